The van der Waals surface area contributed by atoms with Crippen LogP contribution in [0.5, 0.6) is 0 Å². The zero-order valence-corrected chi connectivity index (χ0v) is 25.2. The first-order chi connectivity index (χ1) is 21.1. The Morgan fingerprint density at radius 2 is 1.29 bits per heavy atom. The Hall–Kier alpha value is -4.62. The standard InChI is InChI=1S/C23H16.C17H12N.Ir/c1-2-9-19(10-3-1)21-13-6-8-18(16-21)17-22-14-7-12-20-11-4-5-15-23(20)22;1-2-7-14(8-3-1)15-9-6-10-16(13-15)17-11-4-5-12-18-17;/h1-9,11-12,14-16H,17H2;1-9,11-13H;/q-2;-1;+3/i17D2;;. The van der Waals surface area contributed by atoms with Crippen molar-refractivity contribution >= 4 is 10.8 Å². The molecule has 0 aliphatic carbocycles. The molecule has 0 amide bonds. The van der Waals surface area contributed by atoms with Gasteiger partial charge in [-0.25, -0.2) is 11.1 Å². The summed E-state index contributed by atoms with van der Waals surface area (Å²) in [5, 5.41) is 1.98. The molecule has 0 saturated carbocycles. The van der Waals surface area contributed by atoms with Gasteiger partial charge in [0.05, 0.1) is 0 Å². The Labute approximate surface area is 264 Å². The molecule has 1 heterocycles. The third-order valence-electron chi connectivity index (χ3n) is 6.72. The van der Waals surface area contributed by atoms with Gasteiger partial charge in [-0.1, -0.05) is 84.9 Å². The van der Waals surface area contributed by atoms with Crippen LogP contribution in [0.3, 0.4) is 0 Å². The van der Waals surface area contributed by atoms with Gasteiger partial charge in [0.1, 0.15) is 0 Å². The second-order valence-electron chi connectivity index (χ2n) is 9.49. The summed E-state index contributed by atoms with van der Waals surface area (Å²) in [6.45, 7) is 0. The van der Waals surface area contributed by atoms with Crippen molar-refractivity contribution in [2.24, 2.45) is 0 Å². The molecule has 0 saturated heterocycles. The molecule has 1 nitrogen and oxygen atoms in total. The molecular formula is C40H28IrN. The van der Waals surface area contributed by atoms with Crippen LogP contribution in [0.15, 0.2) is 158 Å². The van der Waals surface area contributed by atoms with E-state index in [1.165, 1.54) is 11.1 Å². The van der Waals surface area contributed by atoms with Crippen molar-refractivity contribution in [2.45, 2.75) is 6.37 Å². The number of nitrogens with zero attached hydrogens (tertiary/aromatic N) is 1. The summed E-state index contributed by atoms with van der Waals surface area (Å²) in [5.74, 6) is 0. The molecule has 7 rings (SSSR count). The van der Waals surface area contributed by atoms with Crippen molar-refractivity contribution in [2.75, 3.05) is 0 Å². The zero-order chi connectivity index (χ0) is 29.5. The summed E-state index contributed by atoms with van der Waals surface area (Å²) in [6, 6.07) is 58.8. The van der Waals surface area contributed by atoms with Crippen LogP contribution in [-0.4, -0.2) is 4.98 Å². The van der Waals surface area contributed by atoms with Gasteiger partial charge < -0.3 is 4.98 Å². The molecule has 1 aromatic heterocycles. The van der Waals surface area contributed by atoms with E-state index in [1.54, 1.807) is 18.3 Å². The molecule has 0 radical (unpaired) electrons. The Morgan fingerprint density at radius 1 is 0.548 bits per heavy atom. The normalized spacial score (nSPS) is 11.3. The van der Waals surface area contributed by atoms with Crippen LogP contribution in [0.4, 0.5) is 0 Å². The van der Waals surface area contributed by atoms with Crippen molar-refractivity contribution in [3.05, 3.63) is 187 Å². The molecular weight excluding hydrogens is 687 g/mol. The van der Waals surface area contributed by atoms with Crippen LogP contribution in [0, 0.1) is 18.2 Å². The third-order valence-corrected chi connectivity index (χ3v) is 6.72. The summed E-state index contributed by atoms with van der Waals surface area (Å²) in [5.41, 5.74) is 7.45. The summed E-state index contributed by atoms with van der Waals surface area (Å²) >= 11 is 0. The van der Waals surface area contributed by atoms with Gasteiger partial charge in [-0.3, -0.25) is 0 Å². The molecule has 0 spiro atoms. The molecule has 0 unspecified atom stereocenters. The van der Waals surface area contributed by atoms with Gasteiger partial charge in [-0.15, -0.1) is 53.1 Å². The third kappa shape index (κ3) is 7.17. The molecule has 7 aromatic rings. The number of fused-ring (bicyclic) bond motifs is 1. The van der Waals surface area contributed by atoms with Crippen molar-refractivity contribution in [3.8, 4) is 33.5 Å². The van der Waals surface area contributed by atoms with Crippen LogP contribution in [0.2, 0.25) is 0 Å². The molecule has 6 aromatic carbocycles. The van der Waals surface area contributed by atoms with E-state index >= 15 is 0 Å². The largest absolute Gasteiger partial charge is 3.00 e. The predicted octanol–water partition coefficient (Wildman–Crippen LogP) is 9.91. The minimum atomic E-state index is -1.60. The molecule has 0 N–H and O–H groups in total. The van der Waals surface area contributed by atoms with Crippen LogP contribution in [0.1, 0.15) is 13.9 Å². The summed E-state index contributed by atoms with van der Waals surface area (Å²) in [6.07, 6.45) is 0.206. The Kier molecular flexibility index (Phi) is 8.97. The fraction of sp³-hybridized carbons (Fsp3) is 0.0250. The minimum absolute atomic E-state index is 0. The van der Waals surface area contributed by atoms with Crippen LogP contribution < -0.4 is 0 Å². The predicted molar refractivity (Wildman–Crippen MR) is 170 cm³/mol. The molecule has 42 heavy (non-hydrogen) atoms. The molecule has 0 bridgehead atoms. The second-order valence-corrected chi connectivity index (χ2v) is 9.49. The van der Waals surface area contributed by atoms with E-state index in [0.717, 1.165) is 33.2 Å². The van der Waals surface area contributed by atoms with Gasteiger partial charge >= 0.3 is 20.1 Å². The van der Waals surface area contributed by atoms with Gasteiger partial charge in [-0.2, -0.15) is 42.5 Å². The molecule has 0 aliphatic rings. The van der Waals surface area contributed by atoms with E-state index in [1.807, 2.05) is 115 Å². The Morgan fingerprint density at radius 3 is 2.12 bits per heavy atom. The minimum Gasteiger partial charge on any atom is -0.305 e. The maximum atomic E-state index is 8.79. The van der Waals surface area contributed by atoms with E-state index in [-0.39, 0.29) is 20.1 Å². The average Bonchev–Trinajstić information content (AvgIpc) is 3.09. The van der Waals surface area contributed by atoms with Crippen LogP contribution in [0.25, 0.3) is 44.3 Å². The van der Waals surface area contributed by atoms with Crippen LogP contribution >= 0.6 is 0 Å². The zero-order valence-electron chi connectivity index (χ0n) is 24.8. The van der Waals surface area contributed by atoms with E-state index in [2.05, 4.69) is 47.4 Å². The Bertz CT molecular complexity index is 1880. The van der Waals surface area contributed by atoms with E-state index in [4.69, 9.17) is 2.74 Å². The quantitative estimate of drug-likeness (QED) is 0.162. The molecule has 2 heteroatoms. The van der Waals surface area contributed by atoms with Crippen molar-refractivity contribution in [1.29, 1.82) is 0 Å². The Balaban J connectivity index is 0.000000179. The van der Waals surface area contributed by atoms with Crippen molar-refractivity contribution in [1.82, 2.24) is 4.98 Å². The molecule has 0 fully saturated rings. The molecule has 202 valence electrons. The van der Waals surface area contributed by atoms with Crippen molar-refractivity contribution < 1.29 is 22.8 Å². The number of benzene rings is 6. The number of hydrogen-bond donors (Lipinski definition) is 0. The number of hydrogen-bond acceptors (Lipinski definition) is 1. The first-order valence-electron chi connectivity index (χ1n) is 14.6. The van der Waals surface area contributed by atoms with Gasteiger partial charge in [0.15, 0.2) is 0 Å². The van der Waals surface area contributed by atoms with Gasteiger partial charge in [0.25, 0.3) is 0 Å². The summed E-state index contributed by atoms with van der Waals surface area (Å²) in [7, 11) is 0. The monoisotopic (exact) mass is 717 g/mol. The van der Waals surface area contributed by atoms with Crippen molar-refractivity contribution in [3.63, 3.8) is 0 Å². The molecule has 0 atom stereocenters. The van der Waals surface area contributed by atoms with E-state index in [9.17, 15) is 0 Å². The molecule has 0 aliphatic heterocycles. The maximum Gasteiger partial charge on any atom is 3.00 e. The van der Waals surface area contributed by atoms with Gasteiger partial charge in [0.2, 0.25) is 0 Å². The fourth-order valence-corrected chi connectivity index (χ4v) is 4.70. The summed E-state index contributed by atoms with van der Waals surface area (Å²) in [4.78, 5) is 4.35. The average molecular weight is 717 g/mol. The smallest absolute Gasteiger partial charge is 0.305 e. The van der Waals surface area contributed by atoms with E-state index in [0.29, 0.717) is 11.1 Å². The second kappa shape index (κ2) is 14.3. The first kappa shape index (κ1) is 26.3. The fourth-order valence-electron chi connectivity index (χ4n) is 4.70. The maximum absolute atomic E-state index is 8.79. The van der Waals surface area contributed by atoms with Crippen LogP contribution in [-0.2, 0) is 26.5 Å². The summed E-state index contributed by atoms with van der Waals surface area (Å²) < 4.78 is 17.6. The van der Waals surface area contributed by atoms with E-state index < -0.39 is 6.37 Å². The number of rotatable bonds is 5. The first-order valence-corrected chi connectivity index (χ1v) is 13.6. The van der Waals surface area contributed by atoms with Gasteiger partial charge in [0, 0.05) is 8.94 Å². The van der Waals surface area contributed by atoms with Gasteiger partial charge in [-0.05, 0) is 40.0 Å². The number of pyridine rings is 1. The SMILES string of the molecule is [2H]C([2H])(c1cc[c-]c(-c2[c-]cccc2)c1)c1cccc2ccccc12.[Ir+3].[c-]1ccc(-c2ccccc2)cc1-c1ccccn1. The topological polar surface area (TPSA) is 12.9 Å². The number of aromatic nitrogens is 1.